The van der Waals surface area contributed by atoms with Gasteiger partial charge in [-0.2, -0.15) is 0 Å². The molecule has 4 heteroatoms. The van der Waals surface area contributed by atoms with Crippen molar-refractivity contribution in [3.63, 3.8) is 0 Å². The summed E-state index contributed by atoms with van der Waals surface area (Å²) in [6.07, 6.45) is 3.20. The van der Waals surface area contributed by atoms with Crippen molar-refractivity contribution in [2.45, 2.75) is 25.3 Å². The highest BCUT2D eigenvalue weighted by Gasteiger charge is 2.19. The molecular weight excluding hydrogens is 144 g/mol. The van der Waals surface area contributed by atoms with Crippen LogP contribution in [0, 0.1) is 0 Å². The zero-order valence-electron chi connectivity index (χ0n) is 6.72. The predicted molar refractivity (Wildman–Crippen MR) is 40.8 cm³/mol. The third kappa shape index (κ3) is 2.48. The summed E-state index contributed by atoms with van der Waals surface area (Å²) in [5.41, 5.74) is 2.31. The fourth-order valence-electron chi connectivity index (χ4n) is 1.25. The molecule has 0 unspecified atom stereocenters. The molecule has 4 nitrogen and oxygen atoms in total. The zero-order valence-corrected chi connectivity index (χ0v) is 6.72. The Hall–Kier alpha value is -0.610. The number of hydrogen-bond acceptors (Lipinski definition) is 3. The molecule has 0 spiro atoms. The van der Waals surface area contributed by atoms with Gasteiger partial charge in [0.2, 0.25) is 0 Å². The normalized spacial score (nSPS) is 24.6. The molecule has 1 fully saturated rings. The Morgan fingerprint density at radius 3 is 3.00 bits per heavy atom. The van der Waals surface area contributed by atoms with E-state index in [-0.39, 0.29) is 11.9 Å². The highest BCUT2D eigenvalue weighted by Crippen LogP contribution is 2.06. The van der Waals surface area contributed by atoms with Gasteiger partial charge in [-0.1, -0.05) is 6.42 Å². The lowest BCUT2D eigenvalue weighted by atomic mass is 10.1. The summed E-state index contributed by atoms with van der Waals surface area (Å²) in [5, 5.41) is 3.11. The maximum absolute atomic E-state index is 11.1. The van der Waals surface area contributed by atoms with Crippen LogP contribution in [0.4, 0.5) is 0 Å². The van der Waals surface area contributed by atoms with E-state index in [1.54, 1.807) is 0 Å². The number of rotatable bonds is 2. The van der Waals surface area contributed by atoms with Gasteiger partial charge in [-0.05, 0) is 19.4 Å². The number of hydroxylamine groups is 1. The average molecular weight is 158 g/mol. The molecule has 1 aliphatic heterocycles. The van der Waals surface area contributed by atoms with E-state index >= 15 is 0 Å². The minimum atomic E-state index is -0.0628. The zero-order chi connectivity index (χ0) is 8.10. The van der Waals surface area contributed by atoms with Crippen LogP contribution < -0.4 is 10.8 Å². The highest BCUT2D eigenvalue weighted by atomic mass is 16.6. The number of nitrogens with one attached hydrogen (secondary N) is 2. The molecule has 2 N–H and O–H groups in total. The second-order valence-corrected chi connectivity index (χ2v) is 2.67. The van der Waals surface area contributed by atoms with Crippen molar-refractivity contribution in [2.75, 3.05) is 13.7 Å². The van der Waals surface area contributed by atoms with Crippen LogP contribution in [0.1, 0.15) is 19.3 Å². The Labute approximate surface area is 66.3 Å². The molecule has 0 saturated carbocycles. The van der Waals surface area contributed by atoms with Gasteiger partial charge in [0, 0.05) is 0 Å². The van der Waals surface area contributed by atoms with E-state index in [1.807, 2.05) is 0 Å². The van der Waals surface area contributed by atoms with E-state index in [0.29, 0.717) is 0 Å². The van der Waals surface area contributed by atoms with Crippen molar-refractivity contribution < 1.29 is 9.63 Å². The van der Waals surface area contributed by atoms with Crippen LogP contribution in [-0.2, 0) is 9.63 Å². The molecule has 1 atom stereocenters. The van der Waals surface area contributed by atoms with Gasteiger partial charge in [0.1, 0.15) is 0 Å². The smallest absolute Gasteiger partial charge is 0.260 e. The van der Waals surface area contributed by atoms with Crippen LogP contribution in [0.2, 0.25) is 0 Å². The van der Waals surface area contributed by atoms with Gasteiger partial charge < -0.3 is 5.32 Å². The molecule has 0 aromatic rings. The molecular formula is C7H14N2O2. The summed E-state index contributed by atoms with van der Waals surface area (Å²) >= 11 is 0. The summed E-state index contributed by atoms with van der Waals surface area (Å²) in [5.74, 6) is -0.0628. The first kappa shape index (κ1) is 8.49. The van der Waals surface area contributed by atoms with E-state index in [9.17, 15) is 4.79 Å². The molecule has 0 aromatic carbocycles. The lowest BCUT2D eigenvalue weighted by Crippen LogP contribution is -2.46. The molecule has 0 radical (unpaired) electrons. The third-order valence-electron chi connectivity index (χ3n) is 1.83. The minimum Gasteiger partial charge on any atom is -0.306 e. The number of carbonyl (C=O) groups is 1. The summed E-state index contributed by atoms with van der Waals surface area (Å²) in [7, 11) is 1.45. The van der Waals surface area contributed by atoms with Crippen molar-refractivity contribution in [2.24, 2.45) is 0 Å². The number of carbonyl (C=O) groups excluding carboxylic acids is 1. The Morgan fingerprint density at radius 2 is 2.45 bits per heavy atom. The Bertz CT molecular complexity index is 132. The van der Waals surface area contributed by atoms with E-state index in [1.165, 1.54) is 7.11 Å². The standard InChI is InChI=1S/C7H14N2O2/c1-11-9-7(10)6-4-2-3-5-8-6/h6,8H,2-5H2,1H3,(H,9,10)/t6-/m1/s1. The lowest BCUT2D eigenvalue weighted by molar-refractivity contribution is -0.134. The molecule has 0 bridgehead atoms. The van der Waals surface area contributed by atoms with Crippen molar-refractivity contribution in [1.82, 2.24) is 10.8 Å². The first-order valence-electron chi connectivity index (χ1n) is 3.91. The van der Waals surface area contributed by atoms with Crippen LogP contribution in [0.15, 0.2) is 0 Å². The molecule has 1 saturated heterocycles. The fraction of sp³-hybridized carbons (Fsp3) is 0.857. The summed E-state index contributed by atoms with van der Waals surface area (Å²) < 4.78 is 0. The van der Waals surface area contributed by atoms with Gasteiger partial charge in [-0.25, -0.2) is 5.48 Å². The average Bonchev–Trinajstić information content (AvgIpc) is 2.07. The maximum atomic E-state index is 11.1. The van der Waals surface area contributed by atoms with Gasteiger partial charge in [0.15, 0.2) is 0 Å². The Morgan fingerprint density at radius 1 is 1.64 bits per heavy atom. The van der Waals surface area contributed by atoms with E-state index in [4.69, 9.17) is 0 Å². The number of piperidine rings is 1. The van der Waals surface area contributed by atoms with Gasteiger partial charge in [-0.15, -0.1) is 0 Å². The molecule has 1 heterocycles. The van der Waals surface area contributed by atoms with Crippen LogP contribution in [0.5, 0.6) is 0 Å². The van der Waals surface area contributed by atoms with Gasteiger partial charge in [-0.3, -0.25) is 9.63 Å². The van der Waals surface area contributed by atoms with Crippen LogP contribution in [0.3, 0.4) is 0 Å². The van der Waals surface area contributed by atoms with Crippen molar-refractivity contribution in [3.8, 4) is 0 Å². The van der Waals surface area contributed by atoms with Crippen LogP contribution in [-0.4, -0.2) is 25.6 Å². The van der Waals surface area contributed by atoms with Crippen LogP contribution >= 0.6 is 0 Å². The molecule has 0 aromatic heterocycles. The lowest BCUT2D eigenvalue weighted by Gasteiger charge is -2.21. The van der Waals surface area contributed by atoms with Gasteiger partial charge in [0.05, 0.1) is 13.2 Å². The van der Waals surface area contributed by atoms with Gasteiger partial charge >= 0.3 is 0 Å². The van der Waals surface area contributed by atoms with Crippen molar-refractivity contribution >= 4 is 5.91 Å². The maximum Gasteiger partial charge on any atom is 0.260 e. The highest BCUT2D eigenvalue weighted by molar-refractivity contribution is 5.80. The Kier molecular flexibility index (Phi) is 3.32. The molecule has 11 heavy (non-hydrogen) atoms. The SMILES string of the molecule is CONC(=O)[C@H]1CCCCN1. The minimum absolute atomic E-state index is 0.0521. The van der Waals surface area contributed by atoms with E-state index in [0.717, 1.165) is 25.8 Å². The predicted octanol–water partition coefficient (Wildman–Crippen LogP) is -0.194. The van der Waals surface area contributed by atoms with E-state index in [2.05, 4.69) is 15.6 Å². The molecule has 0 aliphatic carbocycles. The number of hydrogen-bond donors (Lipinski definition) is 2. The largest absolute Gasteiger partial charge is 0.306 e. The summed E-state index contributed by atoms with van der Waals surface area (Å²) in [6.45, 7) is 0.932. The Balaban J connectivity index is 2.27. The van der Waals surface area contributed by atoms with Crippen molar-refractivity contribution in [1.29, 1.82) is 0 Å². The second kappa shape index (κ2) is 4.31. The van der Waals surface area contributed by atoms with Gasteiger partial charge in [0.25, 0.3) is 5.91 Å². The molecule has 1 rings (SSSR count). The summed E-state index contributed by atoms with van der Waals surface area (Å²) in [4.78, 5) is 15.6. The monoisotopic (exact) mass is 158 g/mol. The quantitative estimate of drug-likeness (QED) is 0.547. The topological polar surface area (TPSA) is 50.4 Å². The first-order chi connectivity index (χ1) is 5.34. The van der Waals surface area contributed by atoms with Crippen LogP contribution in [0.25, 0.3) is 0 Å². The molecule has 64 valence electrons. The third-order valence-corrected chi connectivity index (χ3v) is 1.83. The second-order valence-electron chi connectivity index (χ2n) is 2.67. The number of amides is 1. The fourth-order valence-corrected chi connectivity index (χ4v) is 1.25. The van der Waals surface area contributed by atoms with E-state index < -0.39 is 0 Å². The first-order valence-corrected chi connectivity index (χ1v) is 3.91. The van der Waals surface area contributed by atoms with Crippen molar-refractivity contribution in [3.05, 3.63) is 0 Å². The molecule has 1 amide bonds. The molecule has 1 aliphatic rings. The summed E-state index contributed by atoms with van der Waals surface area (Å²) in [6, 6.07) is -0.0521.